The molecule has 2 rings (SSSR count). The monoisotopic (exact) mass is 291 g/mol. The number of halogens is 3. The van der Waals surface area contributed by atoms with E-state index < -0.39 is 29.3 Å². The lowest BCUT2D eigenvalue weighted by Crippen LogP contribution is -2.20. The van der Waals surface area contributed by atoms with Crippen LogP contribution in [0.4, 0.5) is 13.2 Å². The van der Waals surface area contributed by atoms with Gasteiger partial charge in [0, 0.05) is 6.61 Å². The van der Waals surface area contributed by atoms with Crippen molar-refractivity contribution in [2.75, 3.05) is 13.2 Å². The van der Waals surface area contributed by atoms with Crippen LogP contribution in [0.5, 0.6) is 5.88 Å². The Morgan fingerprint density at radius 3 is 2.80 bits per heavy atom. The summed E-state index contributed by atoms with van der Waals surface area (Å²) in [6.45, 7) is 0.460. The van der Waals surface area contributed by atoms with E-state index in [2.05, 4.69) is 4.98 Å². The minimum absolute atomic E-state index is 0.0842. The molecule has 0 amide bonds. The van der Waals surface area contributed by atoms with Gasteiger partial charge in [-0.3, -0.25) is 0 Å². The number of rotatable bonds is 4. The van der Waals surface area contributed by atoms with Gasteiger partial charge in [-0.25, -0.2) is 9.78 Å². The molecule has 1 aromatic heterocycles. The van der Waals surface area contributed by atoms with Gasteiger partial charge >= 0.3 is 12.1 Å². The van der Waals surface area contributed by atoms with Crippen LogP contribution >= 0.6 is 0 Å². The van der Waals surface area contributed by atoms with E-state index in [9.17, 15) is 18.0 Å². The summed E-state index contributed by atoms with van der Waals surface area (Å²) in [6.07, 6.45) is -3.43. The van der Waals surface area contributed by atoms with Gasteiger partial charge in [-0.15, -0.1) is 0 Å². The summed E-state index contributed by atoms with van der Waals surface area (Å²) in [5.74, 6) is -2.14. The van der Waals surface area contributed by atoms with E-state index in [1.54, 1.807) is 0 Å². The number of alkyl halides is 3. The molecule has 1 fully saturated rings. The second kappa shape index (κ2) is 5.66. The average molecular weight is 291 g/mol. The van der Waals surface area contributed by atoms with E-state index in [1.807, 2.05) is 0 Å². The van der Waals surface area contributed by atoms with Crippen LogP contribution in [0.15, 0.2) is 12.1 Å². The summed E-state index contributed by atoms with van der Waals surface area (Å²) in [4.78, 5) is 14.2. The summed E-state index contributed by atoms with van der Waals surface area (Å²) in [5, 5.41) is 8.76. The summed E-state index contributed by atoms with van der Waals surface area (Å²) < 4.78 is 48.6. The van der Waals surface area contributed by atoms with Crippen LogP contribution in [0, 0.1) is 0 Å². The van der Waals surface area contributed by atoms with Gasteiger partial charge in [0.25, 0.3) is 0 Å². The zero-order valence-corrected chi connectivity index (χ0v) is 10.3. The molecule has 1 N–H and O–H groups in total. The Morgan fingerprint density at radius 1 is 1.50 bits per heavy atom. The number of aromatic carboxylic acids is 1. The summed E-state index contributed by atoms with van der Waals surface area (Å²) in [5.41, 5.74) is -1.60. The maximum atomic E-state index is 12.8. The summed E-state index contributed by atoms with van der Waals surface area (Å²) in [7, 11) is 0. The van der Waals surface area contributed by atoms with Gasteiger partial charge in [-0.1, -0.05) is 0 Å². The highest BCUT2D eigenvalue weighted by Crippen LogP contribution is 2.35. The Balaban J connectivity index is 2.21. The number of hydrogen-bond acceptors (Lipinski definition) is 4. The first kappa shape index (κ1) is 14.6. The van der Waals surface area contributed by atoms with Crippen molar-refractivity contribution in [3.63, 3.8) is 0 Å². The molecule has 2 heterocycles. The number of aromatic nitrogens is 1. The quantitative estimate of drug-likeness (QED) is 0.922. The fourth-order valence-electron chi connectivity index (χ4n) is 1.83. The summed E-state index contributed by atoms with van der Waals surface area (Å²) in [6, 6.07) is 1.45. The van der Waals surface area contributed by atoms with Gasteiger partial charge in [0.05, 0.1) is 6.10 Å². The molecule has 110 valence electrons. The highest BCUT2D eigenvalue weighted by Gasteiger charge is 2.36. The lowest BCUT2D eigenvalue weighted by atomic mass is 10.2. The number of nitrogens with zero attached hydrogens (tertiary/aromatic N) is 1. The van der Waals surface area contributed by atoms with E-state index in [0.29, 0.717) is 19.1 Å². The number of pyridine rings is 1. The summed E-state index contributed by atoms with van der Waals surface area (Å²) >= 11 is 0. The first-order valence-corrected chi connectivity index (χ1v) is 5.94. The van der Waals surface area contributed by atoms with Crippen molar-refractivity contribution in [2.24, 2.45) is 0 Å². The number of carbonyl (C=O) groups is 1. The van der Waals surface area contributed by atoms with E-state index >= 15 is 0 Å². The number of ether oxygens (including phenoxy) is 2. The van der Waals surface area contributed by atoms with Crippen LogP contribution in [-0.4, -0.2) is 35.4 Å². The molecule has 0 bridgehead atoms. The first-order chi connectivity index (χ1) is 9.38. The van der Waals surface area contributed by atoms with Crippen LogP contribution in [0.3, 0.4) is 0 Å². The third-order valence-electron chi connectivity index (χ3n) is 2.81. The molecule has 1 unspecified atom stereocenters. The maximum Gasteiger partial charge on any atom is 0.421 e. The molecule has 0 aliphatic carbocycles. The highest BCUT2D eigenvalue weighted by atomic mass is 19.4. The Morgan fingerprint density at radius 2 is 2.25 bits per heavy atom. The zero-order chi connectivity index (χ0) is 14.8. The normalized spacial score (nSPS) is 19.1. The molecular weight excluding hydrogens is 279 g/mol. The van der Waals surface area contributed by atoms with E-state index in [-0.39, 0.29) is 12.7 Å². The Hall–Kier alpha value is -1.83. The molecule has 1 aliphatic rings. The average Bonchev–Trinajstić information content (AvgIpc) is 2.87. The van der Waals surface area contributed by atoms with Crippen molar-refractivity contribution in [2.45, 2.75) is 25.1 Å². The Kier molecular flexibility index (Phi) is 4.12. The van der Waals surface area contributed by atoms with Gasteiger partial charge in [-0.05, 0) is 25.0 Å². The van der Waals surface area contributed by atoms with Crippen LogP contribution in [-0.2, 0) is 10.9 Å². The molecule has 1 aromatic rings. The minimum atomic E-state index is -4.66. The molecule has 0 radical (unpaired) electrons. The van der Waals surface area contributed by atoms with Crippen LogP contribution < -0.4 is 4.74 Å². The van der Waals surface area contributed by atoms with Crippen LogP contribution in [0.2, 0.25) is 0 Å². The maximum absolute atomic E-state index is 12.8. The largest absolute Gasteiger partial charge is 0.477 e. The third-order valence-corrected chi connectivity index (χ3v) is 2.81. The molecular formula is C12H12F3NO4. The fraction of sp³-hybridized carbons (Fsp3) is 0.500. The molecule has 1 aliphatic heterocycles. The molecule has 20 heavy (non-hydrogen) atoms. The second-order valence-electron chi connectivity index (χ2n) is 4.30. The van der Waals surface area contributed by atoms with Crippen molar-refractivity contribution in [3.8, 4) is 5.88 Å². The zero-order valence-electron chi connectivity index (χ0n) is 10.3. The van der Waals surface area contributed by atoms with Gasteiger partial charge in [0.1, 0.15) is 12.2 Å². The van der Waals surface area contributed by atoms with Crippen molar-refractivity contribution < 1.29 is 32.5 Å². The fourth-order valence-corrected chi connectivity index (χ4v) is 1.83. The topological polar surface area (TPSA) is 68.7 Å². The lowest BCUT2D eigenvalue weighted by Gasteiger charge is -2.15. The number of hydrogen-bond donors (Lipinski definition) is 1. The molecule has 8 heteroatoms. The molecule has 0 saturated carbocycles. The van der Waals surface area contributed by atoms with Gasteiger partial charge in [-0.2, -0.15) is 13.2 Å². The lowest BCUT2D eigenvalue weighted by molar-refractivity contribution is -0.139. The predicted octanol–water partition coefficient (Wildman–Crippen LogP) is 2.36. The SMILES string of the molecule is O=C(O)c1ccc(C(F)(F)F)c(OCC2CCCO2)n1. The molecule has 1 saturated heterocycles. The number of carboxylic acids is 1. The van der Waals surface area contributed by atoms with Gasteiger partial charge < -0.3 is 14.6 Å². The molecule has 1 atom stereocenters. The van der Waals surface area contributed by atoms with Crippen molar-refractivity contribution >= 4 is 5.97 Å². The Bertz CT molecular complexity index is 498. The van der Waals surface area contributed by atoms with Crippen molar-refractivity contribution in [3.05, 3.63) is 23.4 Å². The second-order valence-corrected chi connectivity index (χ2v) is 4.30. The van der Waals surface area contributed by atoms with E-state index in [4.69, 9.17) is 14.6 Å². The molecule has 0 spiro atoms. The molecule has 0 aromatic carbocycles. The molecule has 5 nitrogen and oxygen atoms in total. The standard InChI is InChI=1S/C12H12F3NO4/c13-12(14,15)8-3-4-9(11(17)18)16-10(8)20-6-7-2-1-5-19-7/h3-4,7H,1-2,5-6H2,(H,17,18). The minimum Gasteiger partial charge on any atom is -0.477 e. The van der Waals surface area contributed by atoms with Crippen LogP contribution in [0.1, 0.15) is 28.9 Å². The highest BCUT2D eigenvalue weighted by molar-refractivity contribution is 5.85. The van der Waals surface area contributed by atoms with Crippen LogP contribution in [0.25, 0.3) is 0 Å². The Labute approximate surface area is 112 Å². The first-order valence-electron chi connectivity index (χ1n) is 5.94. The third kappa shape index (κ3) is 3.38. The van der Waals surface area contributed by atoms with E-state index in [0.717, 1.165) is 12.5 Å². The smallest absolute Gasteiger partial charge is 0.421 e. The van der Waals surface area contributed by atoms with Gasteiger partial charge in [0.2, 0.25) is 5.88 Å². The van der Waals surface area contributed by atoms with Crippen molar-refractivity contribution in [1.29, 1.82) is 0 Å². The predicted molar refractivity (Wildman–Crippen MR) is 60.7 cm³/mol. The van der Waals surface area contributed by atoms with Crippen molar-refractivity contribution in [1.82, 2.24) is 4.98 Å². The van der Waals surface area contributed by atoms with E-state index in [1.165, 1.54) is 0 Å². The number of carboxylic acid groups (broad SMARTS) is 1. The van der Waals surface area contributed by atoms with Gasteiger partial charge in [0.15, 0.2) is 5.69 Å².